The average molecular weight is 339 g/mol. The lowest BCUT2D eigenvalue weighted by Crippen LogP contribution is -1.98. The summed E-state index contributed by atoms with van der Waals surface area (Å²) >= 11 is 12.0. The number of nitrogens with two attached hydrogens (primary N) is 1. The summed E-state index contributed by atoms with van der Waals surface area (Å²) in [7, 11) is 1.46. The van der Waals surface area contributed by atoms with E-state index in [1.165, 1.54) is 19.4 Å². The van der Waals surface area contributed by atoms with Gasteiger partial charge in [-0.1, -0.05) is 11.6 Å². The molecule has 0 saturated carbocycles. The molecular weight excluding hydrogens is 330 g/mol. The number of nitrogen functional groups attached to an aromatic ring is 1. The lowest BCUT2D eigenvalue weighted by Gasteiger charge is -2.09. The van der Waals surface area contributed by atoms with Crippen molar-refractivity contribution in [3.05, 3.63) is 40.5 Å². The molecule has 8 heteroatoms. The van der Waals surface area contributed by atoms with Crippen LogP contribution in [0.5, 0.6) is 5.88 Å². The summed E-state index contributed by atoms with van der Waals surface area (Å²) in [5.41, 5.74) is 7.46. The highest BCUT2D eigenvalue weighted by molar-refractivity contribution is 6.36. The number of anilines is 1. The highest BCUT2D eigenvalue weighted by Crippen LogP contribution is 2.33. The Labute approximate surface area is 134 Å². The summed E-state index contributed by atoms with van der Waals surface area (Å²) in [6.07, 6.45) is 1.51. The molecule has 3 rings (SSSR count). The second-order valence-electron chi connectivity index (χ2n) is 4.45. The molecule has 2 N–H and O–H groups in total. The van der Waals surface area contributed by atoms with Crippen LogP contribution >= 0.6 is 23.2 Å². The molecule has 0 amide bonds. The van der Waals surface area contributed by atoms with Gasteiger partial charge < -0.3 is 10.5 Å². The van der Waals surface area contributed by atoms with Crippen molar-refractivity contribution in [3.63, 3.8) is 0 Å². The number of fused-ring (bicyclic) bond motifs is 1. The van der Waals surface area contributed by atoms with Crippen LogP contribution in [-0.2, 0) is 0 Å². The third kappa shape index (κ3) is 2.51. The van der Waals surface area contributed by atoms with Crippen LogP contribution in [0.4, 0.5) is 10.1 Å². The van der Waals surface area contributed by atoms with Crippen molar-refractivity contribution >= 4 is 39.8 Å². The van der Waals surface area contributed by atoms with E-state index in [1.807, 2.05) is 0 Å². The van der Waals surface area contributed by atoms with Crippen LogP contribution in [0, 0.1) is 5.82 Å². The monoisotopic (exact) mass is 338 g/mol. The summed E-state index contributed by atoms with van der Waals surface area (Å²) in [5.74, 6) is -0.212. The van der Waals surface area contributed by atoms with Crippen LogP contribution in [-0.4, -0.2) is 22.1 Å². The van der Waals surface area contributed by atoms with E-state index in [0.29, 0.717) is 27.8 Å². The largest absolute Gasteiger partial charge is 0.480 e. The molecule has 0 aliphatic carbocycles. The zero-order valence-electron chi connectivity index (χ0n) is 11.3. The first-order valence-corrected chi connectivity index (χ1v) is 6.87. The third-order valence-electron chi connectivity index (χ3n) is 3.04. The van der Waals surface area contributed by atoms with Crippen molar-refractivity contribution in [2.75, 3.05) is 12.8 Å². The second kappa shape index (κ2) is 5.55. The summed E-state index contributed by atoms with van der Waals surface area (Å²) in [6.45, 7) is 0. The molecule has 0 fully saturated rings. The Hall–Kier alpha value is -2.18. The predicted molar refractivity (Wildman–Crippen MR) is 83.7 cm³/mol. The molecule has 0 aliphatic rings. The molecule has 0 unspecified atom stereocenters. The van der Waals surface area contributed by atoms with Crippen LogP contribution in [0.15, 0.2) is 24.4 Å². The van der Waals surface area contributed by atoms with Gasteiger partial charge in [0.05, 0.1) is 29.0 Å². The Balaban J connectivity index is 2.32. The highest BCUT2D eigenvalue weighted by atomic mass is 35.5. The van der Waals surface area contributed by atoms with Crippen molar-refractivity contribution in [3.8, 4) is 17.1 Å². The Morgan fingerprint density at radius 2 is 1.95 bits per heavy atom. The van der Waals surface area contributed by atoms with Crippen LogP contribution in [0.3, 0.4) is 0 Å². The van der Waals surface area contributed by atoms with Gasteiger partial charge in [-0.05, 0) is 29.8 Å². The molecule has 2 heterocycles. The number of halogens is 3. The minimum atomic E-state index is -0.501. The smallest absolute Gasteiger partial charge is 0.236 e. The number of ether oxygens (including phenoxy) is 1. The van der Waals surface area contributed by atoms with E-state index in [0.717, 1.165) is 6.07 Å². The van der Waals surface area contributed by atoms with Gasteiger partial charge in [0.1, 0.15) is 5.82 Å². The number of benzene rings is 1. The van der Waals surface area contributed by atoms with Crippen molar-refractivity contribution in [2.45, 2.75) is 0 Å². The van der Waals surface area contributed by atoms with Gasteiger partial charge in [-0.2, -0.15) is 0 Å². The molecule has 0 spiro atoms. The minimum Gasteiger partial charge on any atom is -0.480 e. The quantitative estimate of drug-likeness (QED) is 0.720. The number of aromatic nitrogens is 3. The van der Waals surface area contributed by atoms with Gasteiger partial charge >= 0.3 is 0 Å². The topological polar surface area (TPSA) is 73.9 Å². The van der Waals surface area contributed by atoms with Crippen LogP contribution in [0.1, 0.15) is 0 Å². The standard InChI is InChI=1S/C14H9Cl2FN4O/c1-22-13-10(18)2-6(5-19-13)11-8-3-7(17)4-9(15)12(8)21-14(16)20-11/h2-5H,18H2,1H3. The van der Waals surface area contributed by atoms with E-state index >= 15 is 0 Å². The van der Waals surface area contributed by atoms with Gasteiger partial charge in [0, 0.05) is 17.1 Å². The number of hydrogen-bond donors (Lipinski definition) is 1. The van der Waals surface area contributed by atoms with E-state index in [4.69, 9.17) is 33.7 Å². The fourth-order valence-corrected chi connectivity index (χ4v) is 2.54. The molecule has 0 radical (unpaired) electrons. The lowest BCUT2D eigenvalue weighted by molar-refractivity contribution is 0.400. The van der Waals surface area contributed by atoms with E-state index in [2.05, 4.69) is 15.0 Å². The van der Waals surface area contributed by atoms with Crippen LogP contribution in [0.25, 0.3) is 22.2 Å². The SMILES string of the molecule is COc1ncc(-c2nc(Cl)nc3c(Cl)cc(F)cc23)cc1N. The zero-order chi connectivity index (χ0) is 15.9. The van der Waals surface area contributed by atoms with Crippen LogP contribution in [0.2, 0.25) is 10.3 Å². The first-order valence-electron chi connectivity index (χ1n) is 6.11. The minimum absolute atomic E-state index is 0.00889. The number of methoxy groups -OCH3 is 1. The van der Waals surface area contributed by atoms with Crippen molar-refractivity contribution in [1.29, 1.82) is 0 Å². The highest BCUT2D eigenvalue weighted by Gasteiger charge is 2.15. The van der Waals surface area contributed by atoms with Gasteiger partial charge in [0.15, 0.2) is 0 Å². The second-order valence-corrected chi connectivity index (χ2v) is 5.19. The maximum absolute atomic E-state index is 13.7. The molecule has 3 aromatic rings. The molecule has 5 nitrogen and oxygen atoms in total. The Morgan fingerprint density at radius 3 is 2.64 bits per heavy atom. The Kier molecular flexibility index (Phi) is 3.72. The van der Waals surface area contributed by atoms with E-state index in [-0.39, 0.29) is 16.2 Å². The molecule has 0 bridgehead atoms. The summed E-state index contributed by atoms with van der Waals surface area (Å²) in [4.78, 5) is 12.3. The van der Waals surface area contributed by atoms with Gasteiger partial charge in [0.2, 0.25) is 11.2 Å². The molecule has 0 aliphatic heterocycles. The van der Waals surface area contributed by atoms with Crippen molar-refractivity contribution in [2.24, 2.45) is 0 Å². The van der Waals surface area contributed by atoms with Crippen LogP contribution < -0.4 is 10.5 Å². The maximum Gasteiger partial charge on any atom is 0.236 e. The number of rotatable bonds is 2. The van der Waals surface area contributed by atoms with Gasteiger partial charge in [-0.15, -0.1) is 0 Å². The third-order valence-corrected chi connectivity index (χ3v) is 3.49. The van der Waals surface area contributed by atoms with E-state index in [1.54, 1.807) is 6.07 Å². The van der Waals surface area contributed by atoms with E-state index in [9.17, 15) is 4.39 Å². The Bertz CT molecular complexity index is 888. The number of pyridine rings is 1. The van der Waals surface area contributed by atoms with E-state index < -0.39 is 5.82 Å². The number of hydrogen-bond acceptors (Lipinski definition) is 5. The molecular formula is C14H9Cl2FN4O. The summed E-state index contributed by atoms with van der Waals surface area (Å²) < 4.78 is 18.7. The van der Waals surface area contributed by atoms with Crippen molar-refractivity contribution < 1.29 is 9.13 Å². The fourth-order valence-electron chi connectivity index (χ4n) is 2.12. The summed E-state index contributed by atoms with van der Waals surface area (Å²) in [6, 6.07) is 4.06. The number of nitrogens with zero attached hydrogens (tertiary/aromatic N) is 3. The van der Waals surface area contributed by atoms with Gasteiger partial charge in [-0.3, -0.25) is 0 Å². The van der Waals surface area contributed by atoms with Gasteiger partial charge in [-0.25, -0.2) is 19.3 Å². The first kappa shape index (κ1) is 14.7. The molecule has 112 valence electrons. The summed E-state index contributed by atoms with van der Waals surface area (Å²) in [5, 5.41) is 0.557. The van der Waals surface area contributed by atoms with Crippen molar-refractivity contribution in [1.82, 2.24) is 15.0 Å². The molecule has 0 saturated heterocycles. The first-order chi connectivity index (χ1) is 10.5. The molecule has 22 heavy (non-hydrogen) atoms. The predicted octanol–water partition coefficient (Wildman–Crippen LogP) is 3.73. The average Bonchev–Trinajstić information content (AvgIpc) is 2.47. The normalized spacial score (nSPS) is 10.9. The fraction of sp³-hybridized carbons (Fsp3) is 0.0714. The zero-order valence-corrected chi connectivity index (χ0v) is 12.8. The lowest BCUT2D eigenvalue weighted by atomic mass is 10.1. The molecule has 1 aromatic carbocycles. The van der Waals surface area contributed by atoms with Gasteiger partial charge in [0.25, 0.3) is 0 Å². The molecule has 0 atom stereocenters. The maximum atomic E-state index is 13.7. The molecule has 2 aromatic heterocycles. The Morgan fingerprint density at radius 1 is 1.18 bits per heavy atom.